The highest BCUT2D eigenvalue weighted by Crippen LogP contribution is 2.29. The molecule has 0 atom stereocenters. The summed E-state index contributed by atoms with van der Waals surface area (Å²) in [4.78, 5) is 36.6. The van der Waals surface area contributed by atoms with Crippen molar-refractivity contribution in [3.05, 3.63) is 81.3 Å². The number of carbonyl (C=O) groups excluding carboxylic acids is 3. The number of para-hydroxylation sites is 2. The minimum absolute atomic E-state index is 0.206. The summed E-state index contributed by atoms with van der Waals surface area (Å²) in [6, 6.07) is 16.0. The molecule has 0 unspecified atom stereocenters. The lowest BCUT2D eigenvalue weighted by Crippen LogP contribution is -2.32. The number of rotatable bonds is 8. The number of nitrogens with zero attached hydrogens (tertiary/aromatic N) is 1. The first-order chi connectivity index (χ1) is 17.3. The van der Waals surface area contributed by atoms with Gasteiger partial charge in [0.1, 0.15) is 11.5 Å². The van der Waals surface area contributed by atoms with Crippen molar-refractivity contribution < 1.29 is 23.9 Å². The van der Waals surface area contributed by atoms with E-state index in [4.69, 9.17) is 44.3 Å². The highest BCUT2D eigenvalue weighted by Gasteiger charge is 2.15. The molecule has 0 aromatic heterocycles. The smallest absolute Gasteiger partial charge is 0.329 e. The number of anilines is 2. The second-order valence-electron chi connectivity index (χ2n) is 6.97. The molecule has 0 spiro atoms. The minimum atomic E-state index is -1.01. The van der Waals surface area contributed by atoms with Crippen molar-refractivity contribution in [2.24, 2.45) is 5.10 Å². The molecule has 3 amide bonds. The predicted octanol–water partition coefficient (Wildman–Crippen LogP) is 4.76. The quantitative estimate of drug-likeness (QED) is 0.213. The van der Waals surface area contributed by atoms with Crippen LogP contribution in [0.3, 0.4) is 0 Å². The van der Waals surface area contributed by atoms with Crippen LogP contribution in [0.15, 0.2) is 65.8 Å². The van der Waals surface area contributed by atoms with Crippen LogP contribution in [0.5, 0.6) is 11.5 Å². The van der Waals surface area contributed by atoms with Crippen LogP contribution in [0.4, 0.5) is 11.4 Å². The number of hydrogen-bond donors (Lipinski definition) is 3. The molecule has 36 heavy (non-hydrogen) atoms. The van der Waals surface area contributed by atoms with Crippen molar-refractivity contribution in [2.45, 2.75) is 0 Å². The normalized spacial score (nSPS) is 10.6. The van der Waals surface area contributed by atoms with E-state index in [9.17, 15) is 14.4 Å². The van der Waals surface area contributed by atoms with E-state index in [-0.39, 0.29) is 17.4 Å². The van der Waals surface area contributed by atoms with Crippen molar-refractivity contribution in [3.63, 3.8) is 0 Å². The summed E-state index contributed by atoms with van der Waals surface area (Å²) in [6.45, 7) is -0.362. The second-order valence-corrected chi connectivity index (χ2v) is 8.20. The van der Waals surface area contributed by atoms with Crippen LogP contribution >= 0.6 is 34.8 Å². The van der Waals surface area contributed by atoms with Gasteiger partial charge >= 0.3 is 11.8 Å². The van der Waals surface area contributed by atoms with E-state index < -0.39 is 17.7 Å². The SMILES string of the molecule is COc1ccccc1NC(=O)C(=O)N/N=C\c1cc(Cl)ccc1OCC(=O)Nc1cccc(Cl)c1Cl. The number of hydrogen-bond acceptors (Lipinski definition) is 6. The summed E-state index contributed by atoms with van der Waals surface area (Å²) in [7, 11) is 1.44. The van der Waals surface area contributed by atoms with Crippen molar-refractivity contribution in [3.8, 4) is 11.5 Å². The van der Waals surface area contributed by atoms with Crippen molar-refractivity contribution in [1.82, 2.24) is 5.43 Å². The number of benzene rings is 3. The Morgan fingerprint density at radius 2 is 1.64 bits per heavy atom. The fourth-order valence-electron chi connectivity index (χ4n) is 2.82. The van der Waals surface area contributed by atoms with Crippen LogP contribution in [0.1, 0.15) is 5.56 Å². The monoisotopic (exact) mass is 548 g/mol. The predicted molar refractivity (Wildman–Crippen MR) is 139 cm³/mol. The van der Waals surface area contributed by atoms with E-state index in [1.165, 1.54) is 25.5 Å². The molecular formula is C24H19Cl3N4O5. The fraction of sp³-hybridized carbons (Fsp3) is 0.0833. The largest absolute Gasteiger partial charge is 0.495 e. The molecule has 3 rings (SSSR count). The number of halogens is 3. The maximum Gasteiger partial charge on any atom is 0.329 e. The standard InChI is InChI=1S/C24H19Cl3N4O5/c1-35-20-8-3-2-6-17(20)30-23(33)24(34)31-28-12-14-11-15(25)9-10-19(14)36-13-21(32)29-18-7-4-5-16(26)22(18)27/h2-12H,13H2,1H3,(H,29,32)(H,30,33)(H,31,34)/b28-12-. The van der Waals surface area contributed by atoms with Gasteiger partial charge in [-0.2, -0.15) is 5.10 Å². The van der Waals surface area contributed by atoms with Crippen molar-refractivity contribution in [1.29, 1.82) is 0 Å². The lowest BCUT2D eigenvalue weighted by atomic mass is 10.2. The fourth-order valence-corrected chi connectivity index (χ4v) is 3.35. The minimum Gasteiger partial charge on any atom is -0.495 e. The average molecular weight is 550 g/mol. The molecule has 9 nitrogen and oxygen atoms in total. The van der Waals surface area contributed by atoms with E-state index in [1.54, 1.807) is 48.5 Å². The van der Waals surface area contributed by atoms with E-state index in [1.807, 2.05) is 0 Å². The highest BCUT2D eigenvalue weighted by atomic mass is 35.5. The van der Waals surface area contributed by atoms with Gasteiger partial charge in [-0.1, -0.05) is 53.0 Å². The molecule has 12 heteroatoms. The molecule has 0 aliphatic rings. The zero-order valence-corrected chi connectivity index (χ0v) is 20.9. The van der Waals surface area contributed by atoms with E-state index in [2.05, 4.69) is 21.2 Å². The molecule has 0 fully saturated rings. The molecule has 0 radical (unpaired) electrons. The first kappa shape index (κ1) is 26.8. The van der Waals surface area contributed by atoms with Gasteiger partial charge in [-0.05, 0) is 42.5 Å². The van der Waals surface area contributed by atoms with Gasteiger partial charge in [-0.25, -0.2) is 5.43 Å². The number of ether oxygens (including phenoxy) is 2. The zero-order valence-electron chi connectivity index (χ0n) is 18.7. The number of hydrazone groups is 1. The molecule has 3 aromatic carbocycles. The van der Waals surface area contributed by atoms with Gasteiger partial charge in [0.05, 0.1) is 34.7 Å². The average Bonchev–Trinajstić information content (AvgIpc) is 2.86. The van der Waals surface area contributed by atoms with E-state index >= 15 is 0 Å². The third-order valence-corrected chi connectivity index (χ3v) is 5.54. The Kier molecular flexibility index (Phi) is 9.52. The van der Waals surface area contributed by atoms with Gasteiger partial charge in [0.15, 0.2) is 6.61 Å². The Morgan fingerprint density at radius 3 is 2.42 bits per heavy atom. The van der Waals surface area contributed by atoms with Crippen LogP contribution in [-0.4, -0.2) is 37.7 Å². The highest BCUT2D eigenvalue weighted by molar-refractivity contribution is 6.44. The Bertz CT molecular complexity index is 1320. The van der Waals surface area contributed by atoms with Gasteiger partial charge in [-0.3, -0.25) is 14.4 Å². The molecule has 0 aliphatic heterocycles. The van der Waals surface area contributed by atoms with Crippen LogP contribution in [0.2, 0.25) is 15.1 Å². The molecule has 0 bridgehead atoms. The molecule has 186 valence electrons. The summed E-state index contributed by atoms with van der Waals surface area (Å²) in [5.41, 5.74) is 3.13. The van der Waals surface area contributed by atoms with E-state index in [0.29, 0.717) is 32.7 Å². The topological polar surface area (TPSA) is 118 Å². The third kappa shape index (κ3) is 7.35. The summed E-state index contributed by atoms with van der Waals surface area (Å²) < 4.78 is 10.7. The Hall–Kier alpha value is -3.79. The summed E-state index contributed by atoms with van der Waals surface area (Å²) >= 11 is 18.1. The Balaban J connectivity index is 1.60. The summed E-state index contributed by atoms with van der Waals surface area (Å²) in [6.07, 6.45) is 1.22. The maximum atomic E-state index is 12.3. The van der Waals surface area contributed by atoms with Crippen LogP contribution in [-0.2, 0) is 14.4 Å². The maximum absolute atomic E-state index is 12.3. The lowest BCUT2D eigenvalue weighted by Gasteiger charge is -2.11. The van der Waals surface area contributed by atoms with Crippen molar-refractivity contribution >= 4 is 70.1 Å². The van der Waals surface area contributed by atoms with Crippen LogP contribution in [0, 0.1) is 0 Å². The molecule has 3 N–H and O–H groups in total. The lowest BCUT2D eigenvalue weighted by molar-refractivity contribution is -0.136. The van der Waals surface area contributed by atoms with Crippen LogP contribution in [0.25, 0.3) is 0 Å². The summed E-state index contributed by atoms with van der Waals surface area (Å²) in [5.74, 6) is -1.80. The Labute approximate surface area is 221 Å². The second kappa shape index (κ2) is 12.8. The molecule has 3 aromatic rings. The van der Waals surface area contributed by atoms with Gasteiger partial charge < -0.3 is 20.1 Å². The molecular weight excluding hydrogens is 531 g/mol. The van der Waals surface area contributed by atoms with Gasteiger partial charge in [-0.15, -0.1) is 0 Å². The number of methoxy groups -OCH3 is 1. The van der Waals surface area contributed by atoms with Crippen LogP contribution < -0.4 is 25.5 Å². The van der Waals surface area contributed by atoms with E-state index in [0.717, 1.165) is 0 Å². The molecule has 0 saturated carbocycles. The summed E-state index contributed by atoms with van der Waals surface area (Å²) in [5, 5.41) is 9.67. The van der Waals surface area contributed by atoms with Gasteiger partial charge in [0.2, 0.25) is 0 Å². The zero-order chi connectivity index (χ0) is 26.1. The first-order valence-corrected chi connectivity index (χ1v) is 11.4. The Morgan fingerprint density at radius 1 is 0.889 bits per heavy atom. The number of nitrogens with one attached hydrogen (secondary N) is 3. The third-order valence-electron chi connectivity index (χ3n) is 4.49. The first-order valence-electron chi connectivity index (χ1n) is 10.2. The molecule has 0 aliphatic carbocycles. The number of amides is 3. The number of carbonyl (C=O) groups is 3. The van der Waals surface area contributed by atoms with Gasteiger partial charge in [0, 0.05) is 10.6 Å². The molecule has 0 heterocycles. The molecule has 0 saturated heterocycles. The van der Waals surface area contributed by atoms with Gasteiger partial charge in [0.25, 0.3) is 5.91 Å². The van der Waals surface area contributed by atoms with Crippen molar-refractivity contribution in [2.75, 3.05) is 24.4 Å².